The molecule has 0 fully saturated rings. The van der Waals surface area contributed by atoms with Crippen molar-refractivity contribution in [1.29, 1.82) is 0 Å². The zero-order chi connectivity index (χ0) is 15.7. The molecule has 8 heteroatoms. The molecular formula is C14H23ClN4O3. The molecule has 124 valence electrons. The van der Waals surface area contributed by atoms with Crippen LogP contribution in [0, 0.1) is 17.0 Å². The highest BCUT2D eigenvalue weighted by atomic mass is 35.5. The predicted molar refractivity (Wildman–Crippen MR) is 89.5 cm³/mol. The second-order valence-electron chi connectivity index (χ2n) is 4.80. The number of carbonyl (C=O) groups is 1. The van der Waals surface area contributed by atoms with Crippen molar-refractivity contribution in [2.45, 2.75) is 26.2 Å². The Morgan fingerprint density at radius 3 is 2.68 bits per heavy atom. The lowest BCUT2D eigenvalue weighted by Gasteiger charge is -2.08. The molecule has 0 spiro atoms. The van der Waals surface area contributed by atoms with Gasteiger partial charge in [-0.15, -0.1) is 12.4 Å². The molecule has 1 aromatic rings. The number of halogens is 1. The number of nitro groups is 1. The molecule has 4 N–H and O–H groups in total. The molecule has 1 rings (SSSR count). The van der Waals surface area contributed by atoms with Gasteiger partial charge in [-0.2, -0.15) is 0 Å². The van der Waals surface area contributed by atoms with E-state index in [0.29, 0.717) is 44.6 Å². The molecule has 22 heavy (non-hydrogen) atoms. The van der Waals surface area contributed by atoms with Gasteiger partial charge in [-0.3, -0.25) is 14.9 Å². The van der Waals surface area contributed by atoms with Crippen LogP contribution >= 0.6 is 12.4 Å². The summed E-state index contributed by atoms with van der Waals surface area (Å²) in [5.41, 5.74) is 6.74. The third-order valence-electron chi connectivity index (χ3n) is 2.95. The topological polar surface area (TPSA) is 110 Å². The summed E-state index contributed by atoms with van der Waals surface area (Å²) in [6.45, 7) is 3.41. The van der Waals surface area contributed by atoms with Gasteiger partial charge in [0.05, 0.1) is 4.92 Å². The van der Waals surface area contributed by atoms with Crippen LogP contribution in [0.25, 0.3) is 0 Å². The molecule has 0 aromatic heterocycles. The van der Waals surface area contributed by atoms with Crippen molar-refractivity contribution in [3.05, 3.63) is 33.9 Å². The third-order valence-corrected chi connectivity index (χ3v) is 2.95. The summed E-state index contributed by atoms with van der Waals surface area (Å²) in [7, 11) is 0. The van der Waals surface area contributed by atoms with Gasteiger partial charge >= 0.3 is 0 Å². The van der Waals surface area contributed by atoms with E-state index in [1.54, 1.807) is 6.07 Å². The Labute approximate surface area is 136 Å². The van der Waals surface area contributed by atoms with Crippen molar-refractivity contribution >= 4 is 29.7 Å². The Kier molecular flexibility index (Phi) is 9.89. The molecule has 1 amide bonds. The van der Waals surface area contributed by atoms with Gasteiger partial charge in [-0.1, -0.05) is 6.07 Å². The van der Waals surface area contributed by atoms with Crippen molar-refractivity contribution < 1.29 is 9.72 Å². The highest BCUT2D eigenvalue weighted by Gasteiger charge is 2.12. The van der Waals surface area contributed by atoms with E-state index in [9.17, 15) is 14.9 Å². The van der Waals surface area contributed by atoms with Crippen molar-refractivity contribution in [2.75, 3.05) is 25.0 Å². The van der Waals surface area contributed by atoms with E-state index in [1.165, 1.54) is 6.07 Å². The first-order chi connectivity index (χ1) is 10.0. The van der Waals surface area contributed by atoms with E-state index in [0.717, 1.165) is 5.56 Å². The predicted octanol–water partition coefficient (Wildman–Crippen LogP) is 1.98. The van der Waals surface area contributed by atoms with Crippen LogP contribution in [-0.4, -0.2) is 30.5 Å². The second-order valence-corrected chi connectivity index (χ2v) is 4.80. The smallest absolute Gasteiger partial charge is 0.292 e. The molecule has 0 saturated heterocycles. The first-order valence-corrected chi connectivity index (χ1v) is 7.00. The van der Waals surface area contributed by atoms with Crippen molar-refractivity contribution in [3.63, 3.8) is 0 Å². The van der Waals surface area contributed by atoms with Crippen molar-refractivity contribution in [3.8, 4) is 0 Å². The van der Waals surface area contributed by atoms with Crippen LogP contribution < -0.4 is 16.4 Å². The van der Waals surface area contributed by atoms with Crippen LogP contribution in [0.3, 0.4) is 0 Å². The van der Waals surface area contributed by atoms with E-state index < -0.39 is 4.92 Å². The number of aryl methyl sites for hydroxylation is 1. The number of rotatable bonds is 9. The van der Waals surface area contributed by atoms with Gasteiger partial charge in [0, 0.05) is 25.6 Å². The number of nitrogens with zero attached hydrogens (tertiary/aromatic N) is 1. The van der Waals surface area contributed by atoms with Gasteiger partial charge in [0.25, 0.3) is 5.69 Å². The number of anilines is 1. The number of nitro benzene ring substituents is 1. The Hall–Kier alpha value is -1.86. The lowest BCUT2D eigenvalue weighted by molar-refractivity contribution is -0.384. The third kappa shape index (κ3) is 7.24. The molecule has 1 aromatic carbocycles. The van der Waals surface area contributed by atoms with Crippen LogP contribution in [0.4, 0.5) is 11.4 Å². The SMILES string of the molecule is Cc1ccc(NCCCNC(=O)CCCN)c([N+](=O)[O-])c1.Cl. The first-order valence-electron chi connectivity index (χ1n) is 7.00. The normalized spacial score (nSPS) is 9.73. The number of amides is 1. The Balaban J connectivity index is 0.00000441. The summed E-state index contributed by atoms with van der Waals surface area (Å²) < 4.78 is 0. The van der Waals surface area contributed by atoms with Gasteiger partial charge in [0.1, 0.15) is 5.69 Å². The highest BCUT2D eigenvalue weighted by molar-refractivity contribution is 5.85. The van der Waals surface area contributed by atoms with E-state index in [2.05, 4.69) is 10.6 Å². The van der Waals surface area contributed by atoms with Crippen molar-refractivity contribution in [2.24, 2.45) is 5.73 Å². The number of hydrogen-bond acceptors (Lipinski definition) is 5. The Bertz CT molecular complexity index is 497. The maximum absolute atomic E-state index is 11.3. The number of nitrogens with two attached hydrogens (primary N) is 1. The summed E-state index contributed by atoms with van der Waals surface area (Å²) in [4.78, 5) is 21.9. The van der Waals surface area contributed by atoms with Crippen LogP contribution in [-0.2, 0) is 4.79 Å². The fourth-order valence-corrected chi connectivity index (χ4v) is 1.83. The average molecular weight is 331 g/mol. The molecule has 0 aliphatic carbocycles. The Morgan fingerprint density at radius 2 is 2.05 bits per heavy atom. The largest absolute Gasteiger partial charge is 0.379 e. The summed E-state index contributed by atoms with van der Waals surface area (Å²) in [6.07, 6.45) is 1.81. The van der Waals surface area contributed by atoms with Crippen molar-refractivity contribution in [1.82, 2.24) is 5.32 Å². The quantitative estimate of drug-likeness (QED) is 0.364. The lowest BCUT2D eigenvalue weighted by atomic mass is 10.2. The maximum atomic E-state index is 11.3. The zero-order valence-electron chi connectivity index (χ0n) is 12.6. The summed E-state index contributed by atoms with van der Waals surface area (Å²) in [6, 6.07) is 5.06. The van der Waals surface area contributed by atoms with Crippen LogP contribution in [0.15, 0.2) is 18.2 Å². The number of benzene rings is 1. The van der Waals surface area contributed by atoms with Gasteiger partial charge in [0.2, 0.25) is 5.91 Å². The average Bonchev–Trinajstić information content (AvgIpc) is 2.45. The summed E-state index contributed by atoms with van der Waals surface area (Å²) in [5.74, 6) is -0.0123. The molecule has 0 radical (unpaired) electrons. The number of hydrogen-bond donors (Lipinski definition) is 3. The molecule has 0 aliphatic heterocycles. The fraction of sp³-hybridized carbons (Fsp3) is 0.500. The number of nitrogens with one attached hydrogen (secondary N) is 2. The van der Waals surface area contributed by atoms with Gasteiger partial charge in [-0.25, -0.2) is 0 Å². The van der Waals surface area contributed by atoms with E-state index >= 15 is 0 Å². The monoisotopic (exact) mass is 330 g/mol. The van der Waals surface area contributed by atoms with Gasteiger partial charge in [0.15, 0.2) is 0 Å². The zero-order valence-corrected chi connectivity index (χ0v) is 13.4. The molecule has 0 bridgehead atoms. The minimum atomic E-state index is -0.399. The maximum Gasteiger partial charge on any atom is 0.292 e. The van der Waals surface area contributed by atoms with E-state index in [-0.39, 0.29) is 24.0 Å². The van der Waals surface area contributed by atoms with Gasteiger partial charge in [-0.05, 0) is 37.9 Å². The van der Waals surface area contributed by atoms with Gasteiger partial charge < -0.3 is 16.4 Å². The highest BCUT2D eigenvalue weighted by Crippen LogP contribution is 2.24. The first kappa shape index (κ1) is 20.1. The van der Waals surface area contributed by atoms with Crippen LogP contribution in [0.5, 0.6) is 0 Å². The molecule has 0 unspecified atom stereocenters. The summed E-state index contributed by atoms with van der Waals surface area (Å²) >= 11 is 0. The molecule has 0 atom stereocenters. The van der Waals surface area contributed by atoms with Crippen LogP contribution in [0.1, 0.15) is 24.8 Å². The van der Waals surface area contributed by atoms with E-state index in [1.807, 2.05) is 13.0 Å². The summed E-state index contributed by atoms with van der Waals surface area (Å²) in [5, 5.41) is 16.8. The standard InChI is InChI=1S/C14H22N4O3.ClH/c1-11-5-6-12(13(10-11)18(20)21)16-8-3-9-17-14(19)4-2-7-15;/h5-6,10,16H,2-4,7-9,15H2,1H3,(H,17,19);1H. The molecule has 0 saturated carbocycles. The molecule has 7 nitrogen and oxygen atoms in total. The molecule has 0 heterocycles. The minimum absolute atomic E-state index is 0. The minimum Gasteiger partial charge on any atom is -0.379 e. The Morgan fingerprint density at radius 1 is 1.32 bits per heavy atom. The molecular weight excluding hydrogens is 308 g/mol. The fourth-order valence-electron chi connectivity index (χ4n) is 1.83. The lowest BCUT2D eigenvalue weighted by Crippen LogP contribution is -2.26. The number of carbonyl (C=O) groups excluding carboxylic acids is 1. The second kappa shape index (κ2) is 10.8. The van der Waals surface area contributed by atoms with Crippen LogP contribution in [0.2, 0.25) is 0 Å². The molecule has 0 aliphatic rings. The van der Waals surface area contributed by atoms with E-state index in [4.69, 9.17) is 5.73 Å².